The third-order valence-corrected chi connectivity index (χ3v) is 3.18. The van der Waals surface area contributed by atoms with Gasteiger partial charge in [-0.05, 0) is 13.8 Å². The third kappa shape index (κ3) is 4.74. The summed E-state index contributed by atoms with van der Waals surface area (Å²) >= 11 is 11.8. The van der Waals surface area contributed by atoms with Crippen LogP contribution in [0.25, 0.3) is 0 Å². The number of nitrogens with one attached hydrogen (secondary N) is 1. The smallest absolute Gasteiger partial charge is 0.361 e. The number of halogens is 2. The second kappa shape index (κ2) is 8.54. The number of anilines is 2. The van der Waals surface area contributed by atoms with Crippen molar-refractivity contribution in [2.45, 2.75) is 13.8 Å². The van der Waals surface area contributed by atoms with E-state index >= 15 is 0 Å². The monoisotopic (exact) mass is 385 g/mol. The summed E-state index contributed by atoms with van der Waals surface area (Å²) in [5.41, 5.74) is -0.00286. The normalized spacial score (nSPS) is 10.2. The first-order valence-electron chi connectivity index (χ1n) is 7.14. The van der Waals surface area contributed by atoms with E-state index in [1.807, 2.05) is 0 Å². The Morgan fingerprint density at radius 2 is 1.56 bits per heavy atom. The average molecular weight is 386 g/mol. The number of hydrogen-bond donors (Lipinski definition) is 1. The zero-order valence-electron chi connectivity index (χ0n) is 13.2. The maximum absolute atomic E-state index is 11.9. The number of carbonyl (C=O) groups is 2. The predicted molar refractivity (Wildman–Crippen MR) is 89.3 cm³/mol. The number of rotatable bonds is 6. The van der Waals surface area contributed by atoms with E-state index in [1.165, 1.54) is 12.1 Å². The van der Waals surface area contributed by atoms with Crippen LogP contribution in [0.2, 0.25) is 10.2 Å². The lowest BCUT2D eigenvalue weighted by Gasteiger charge is -2.10. The summed E-state index contributed by atoms with van der Waals surface area (Å²) in [7, 11) is 0. The molecule has 0 atom stereocenters. The first kappa shape index (κ1) is 18.8. The summed E-state index contributed by atoms with van der Waals surface area (Å²) in [6, 6.07) is 2.72. The molecule has 0 bridgehead atoms. The Balaban J connectivity index is 2.30. The van der Waals surface area contributed by atoms with E-state index in [1.54, 1.807) is 13.8 Å². The summed E-state index contributed by atoms with van der Waals surface area (Å²) in [6.45, 7) is 3.67. The lowest BCUT2D eigenvalue weighted by Crippen LogP contribution is -2.13. The van der Waals surface area contributed by atoms with Gasteiger partial charge in [-0.25, -0.2) is 9.59 Å². The Kier molecular flexibility index (Phi) is 6.43. The highest BCUT2D eigenvalue weighted by Crippen LogP contribution is 2.24. The zero-order valence-corrected chi connectivity index (χ0v) is 14.8. The van der Waals surface area contributed by atoms with E-state index in [9.17, 15) is 9.59 Å². The summed E-state index contributed by atoms with van der Waals surface area (Å²) in [4.78, 5) is 23.6. The van der Waals surface area contributed by atoms with Crippen LogP contribution >= 0.6 is 23.2 Å². The molecule has 2 heterocycles. The van der Waals surface area contributed by atoms with Crippen molar-refractivity contribution in [1.29, 1.82) is 0 Å². The highest BCUT2D eigenvalue weighted by atomic mass is 35.5. The van der Waals surface area contributed by atoms with Crippen LogP contribution < -0.4 is 5.32 Å². The molecule has 0 aliphatic carbocycles. The minimum Gasteiger partial charge on any atom is -0.461 e. The standard InChI is InChI=1S/C14H13Cl2N5O4/c1-3-24-13(22)11-7(15)5-10(19-20-11)17-8-6-9(16)18-21-12(8)14(23)25-4-2/h5-6H,3-4H2,1-2H3,(H,17,18,19). The molecule has 2 rings (SSSR count). The van der Waals surface area contributed by atoms with E-state index in [-0.39, 0.29) is 46.3 Å². The van der Waals surface area contributed by atoms with Crippen molar-refractivity contribution >= 4 is 46.6 Å². The number of hydrogen-bond acceptors (Lipinski definition) is 9. The van der Waals surface area contributed by atoms with Gasteiger partial charge in [0.1, 0.15) is 0 Å². The molecule has 25 heavy (non-hydrogen) atoms. The quantitative estimate of drug-likeness (QED) is 0.748. The van der Waals surface area contributed by atoms with Crippen molar-refractivity contribution < 1.29 is 19.1 Å². The Morgan fingerprint density at radius 1 is 0.960 bits per heavy atom. The fourth-order valence-electron chi connectivity index (χ4n) is 1.72. The number of ether oxygens (including phenoxy) is 2. The molecule has 9 nitrogen and oxygen atoms in total. The molecule has 0 saturated heterocycles. The topological polar surface area (TPSA) is 116 Å². The molecule has 0 spiro atoms. The van der Waals surface area contributed by atoms with Crippen molar-refractivity contribution in [2.75, 3.05) is 18.5 Å². The van der Waals surface area contributed by atoms with Crippen LogP contribution in [-0.2, 0) is 9.47 Å². The first-order valence-corrected chi connectivity index (χ1v) is 7.89. The van der Waals surface area contributed by atoms with Crippen LogP contribution in [0, 0.1) is 0 Å². The zero-order chi connectivity index (χ0) is 18.4. The van der Waals surface area contributed by atoms with Gasteiger partial charge in [0.25, 0.3) is 0 Å². The summed E-state index contributed by atoms with van der Waals surface area (Å²) in [5.74, 6) is -1.21. The number of carbonyl (C=O) groups excluding carboxylic acids is 2. The van der Waals surface area contributed by atoms with Gasteiger partial charge in [0, 0.05) is 12.1 Å². The van der Waals surface area contributed by atoms with Gasteiger partial charge in [-0.15, -0.1) is 20.4 Å². The summed E-state index contributed by atoms with van der Waals surface area (Å²) in [6.07, 6.45) is 0. The lowest BCUT2D eigenvalue weighted by atomic mass is 10.3. The molecule has 0 unspecified atom stereocenters. The van der Waals surface area contributed by atoms with E-state index in [2.05, 4.69) is 25.7 Å². The highest BCUT2D eigenvalue weighted by molar-refractivity contribution is 6.33. The van der Waals surface area contributed by atoms with Gasteiger partial charge in [0.05, 0.1) is 23.9 Å². The predicted octanol–water partition coefficient (Wildman–Crippen LogP) is 2.67. The molecule has 0 aromatic carbocycles. The molecule has 0 aliphatic rings. The fourth-order valence-corrected chi connectivity index (χ4v) is 2.08. The maximum atomic E-state index is 11.9. The molecular formula is C14H13Cl2N5O4. The van der Waals surface area contributed by atoms with Crippen LogP contribution in [0.3, 0.4) is 0 Å². The van der Waals surface area contributed by atoms with Crippen molar-refractivity contribution in [2.24, 2.45) is 0 Å². The van der Waals surface area contributed by atoms with Gasteiger partial charge in [0.2, 0.25) is 0 Å². The minimum absolute atomic E-state index is 0.0294. The second-order valence-corrected chi connectivity index (χ2v) is 5.22. The van der Waals surface area contributed by atoms with Crippen molar-refractivity contribution in [1.82, 2.24) is 20.4 Å². The molecule has 0 fully saturated rings. The molecular weight excluding hydrogens is 373 g/mol. The van der Waals surface area contributed by atoms with Crippen molar-refractivity contribution in [3.63, 3.8) is 0 Å². The molecule has 132 valence electrons. The van der Waals surface area contributed by atoms with Gasteiger partial charge >= 0.3 is 11.9 Å². The first-order chi connectivity index (χ1) is 12.0. The SMILES string of the molecule is CCOC(=O)c1nnc(Nc2cc(Cl)nnc2C(=O)OCC)cc1Cl. The fraction of sp³-hybridized carbons (Fsp3) is 0.286. The van der Waals surface area contributed by atoms with Gasteiger partial charge < -0.3 is 14.8 Å². The second-order valence-electron chi connectivity index (χ2n) is 4.42. The van der Waals surface area contributed by atoms with Crippen LogP contribution in [0.4, 0.5) is 11.5 Å². The molecule has 0 aliphatic heterocycles. The third-order valence-electron chi connectivity index (χ3n) is 2.71. The molecule has 0 saturated carbocycles. The van der Waals surface area contributed by atoms with Crippen LogP contribution in [-0.4, -0.2) is 45.5 Å². The number of nitrogens with zero attached hydrogens (tertiary/aromatic N) is 4. The van der Waals surface area contributed by atoms with Crippen LogP contribution in [0.5, 0.6) is 0 Å². The van der Waals surface area contributed by atoms with E-state index in [4.69, 9.17) is 32.7 Å². The highest BCUT2D eigenvalue weighted by Gasteiger charge is 2.19. The Morgan fingerprint density at radius 3 is 2.16 bits per heavy atom. The summed E-state index contributed by atoms with van der Waals surface area (Å²) < 4.78 is 9.72. The molecule has 2 aromatic rings. The number of aromatic nitrogens is 4. The van der Waals surface area contributed by atoms with E-state index in [0.29, 0.717) is 0 Å². The Labute approximate surface area is 152 Å². The van der Waals surface area contributed by atoms with Gasteiger partial charge in [0.15, 0.2) is 22.4 Å². The van der Waals surface area contributed by atoms with E-state index in [0.717, 1.165) is 0 Å². The molecule has 11 heteroatoms. The van der Waals surface area contributed by atoms with Crippen molar-refractivity contribution in [3.8, 4) is 0 Å². The van der Waals surface area contributed by atoms with E-state index < -0.39 is 11.9 Å². The largest absolute Gasteiger partial charge is 0.461 e. The van der Waals surface area contributed by atoms with Gasteiger partial charge in [-0.3, -0.25) is 0 Å². The maximum Gasteiger partial charge on any atom is 0.361 e. The number of esters is 2. The summed E-state index contributed by atoms with van der Waals surface area (Å²) in [5, 5.41) is 17.7. The van der Waals surface area contributed by atoms with Crippen LogP contribution in [0.15, 0.2) is 12.1 Å². The molecule has 0 amide bonds. The lowest BCUT2D eigenvalue weighted by molar-refractivity contribution is 0.0509. The van der Waals surface area contributed by atoms with Gasteiger partial charge in [-0.2, -0.15) is 0 Å². The van der Waals surface area contributed by atoms with Crippen molar-refractivity contribution in [3.05, 3.63) is 33.7 Å². The Bertz CT molecular complexity index is 803. The molecule has 2 aromatic heterocycles. The Hall–Kier alpha value is -2.52. The average Bonchev–Trinajstić information content (AvgIpc) is 2.55. The van der Waals surface area contributed by atoms with Gasteiger partial charge in [-0.1, -0.05) is 23.2 Å². The minimum atomic E-state index is -0.688. The molecule has 1 N–H and O–H groups in total. The van der Waals surface area contributed by atoms with Crippen LogP contribution in [0.1, 0.15) is 34.8 Å². The molecule has 0 radical (unpaired) electrons.